The summed E-state index contributed by atoms with van der Waals surface area (Å²) in [5.41, 5.74) is 6.30. The van der Waals surface area contributed by atoms with Gasteiger partial charge in [-0.15, -0.1) is 0 Å². The maximum absolute atomic E-state index is 10.7. The molecule has 1 heterocycles. The molecule has 0 unspecified atom stereocenters. The maximum Gasteiger partial charge on any atom is 0.221 e. The Bertz CT molecular complexity index is 513. The second-order valence-electron chi connectivity index (χ2n) is 2.75. The summed E-state index contributed by atoms with van der Waals surface area (Å²) in [7, 11) is 0. The molecule has 0 radical (unpaired) electrons. The Balaban J connectivity index is 2.88. The standard InChI is InChI=1S/C9H6ClN3O/c10-5-1-2-7-6(3-5)8(4-14)13-9(11)12-7/h1-4H,(H2,11,12,13). The molecule has 0 saturated carbocycles. The lowest BCUT2D eigenvalue weighted by Crippen LogP contribution is -1.99. The van der Waals surface area contributed by atoms with E-state index in [2.05, 4.69) is 9.97 Å². The Morgan fingerprint density at radius 3 is 2.86 bits per heavy atom. The van der Waals surface area contributed by atoms with E-state index in [0.717, 1.165) is 0 Å². The van der Waals surface area contributed by atoms with E-state index in [-0.39, 0.29) is 11.6 Å². The Kier molecular flexibility index (Phi) is 2.05. The van der Waals surface area contributed by atoms with Crippen molar-refractivity contribution in [1.29, 1.82) is 0 Å². The lowest BCUT2D eigenvalue weighted by atomic mass is 10.2. The van der Waals surface area contributed by atoms with Gasteiger partial charge >= 0.3 is 0 Å². The van der Waals surface area contributed by atoms with Gasteiger partial charge in [0.05, 0.1) is 5.52 Å². The van der Waals surface area contributed by atoms with Crippen molar-refractivity contribution in [2.45, 2.75) is 0 Å². The first-order valence-corrected chi connectivity index (χ1v) is 4.26. The number of rotatable bonds is 1. The fourth-order valence-corrected chi connectivity index (χ4v) is 1.40. The lowest BCUT2D eigenvalue weighted by Gasteiger charge is -2.01. The molecule has 4 nitrogen and oxygen atoms in total. The topological polar surface area (TPSA) is 68.9 Å². The van der Waals surface area contributed by atoms with Crippen LogP contribution in [0.15, 0.2) is 18.2 Å². The van der Waals surface area contributed by atoms with Gasteiger partial charge in [0.1, 0.15) is 5.69 Å². The summed E-state index contributed by atoms with van der Waals surface area (Å²) in [6.07, 6.45) is 0.636. The third-order valence-corrected chi connectivity index (χ3v) is 2.05. The normalized spacial score (nSPS) is 10.4. The highest BCUT2D eigenvalue weighted by Crippen LogP contribution is 2.20. The molecule has 0 aliphatic rings. The van der Waals surface area contributed by atoms with E-state index in [1.165, 1.54) is 0 Å². The Morgan fingerprint density at radius 1 is 1.36 bits per heavy atom. The zero-order valence-electron chi connectivity index (χ0n) is 7.07. The molecule has 0 atom stereocenters. The fourth-order valence-electron chi connectivity index (χ4n) is 1.23. The summed E-state index contributed by atoms with van der Waals surface area (Å²) < 4.78 is 0. The van der Waals surface area contributed by atoms with Crippen LogP contribution in [0.5, 0.6) is 0 Å². The van der Waals surface area contributed by atoms with Gasteiger partial charge < -0.3 is 5.73 Å². The monoisotopic (exact) mass is 207 g/mol. The number of hydrogen-bond donors (Lipinski definition) is 1. The van der Waals surface area contributed by atoms with Gasteiger partial charge in [-0.3, -0.25) is 4.79 Å². The van der Waals surface area contributed by atoms with Gasteiger partial charge in [0, 0.05) is 10.4 Å². The van der Waals surface area contributed by atoms with Gasteiger partial charge in [-0.05, 0) is 18.2 Å². The number of fused-ring (bicyclic) bond motifs is 1. The highest BCUT2D eigenvalue weighted by Gasteiger charge is 2.05. The van der Waals surface area contributed by atoms with Gasteiger partial charge in [-0.2, -0.15) is 0 Å². The first-order valence-electron chi connectivity index (χ1n) is 3.88. The van der Waals surface area contributed by atoms with Crippen molar-refractivity contribution in [3.63, 3.8) is 0 Å². The highest BCUT2D eigenvalue weighted by molar-refractivity contribution is 6.31. The summed E-state index contributed by atoms with van der Waals surface area (Å²) in [4.78, 5) is 18.5. The van der Waals surface area contributed by atoms with Gasteiger partial charge in [0.15, 0.2) is 6.29 Å². The number of nitrogens with zero attached hydrogens (tertiary/aromatic N) is 2. The molecule has 0 bridgehead atoms. The number of anilines is 1. The van der Waals surface area contributed by atoms with E-state index in [4.69, 9.17) is 17.3 Å². The molecule has 0 aliphatic heterocycles. The molecule has 1 aromatic heterocycles. The van der Waals surface area contributed by atoms with Crippen molar-refractivity contribution >= 4 is 34.7 Å². The van der Waals surface area contributed by atoms with Crippen molar-refractivity contribution < 1.29 is 4.79 Å². The van der Waals surface area contributed by atoms with Gasteiger partial charge in [-0.1, -0.05) is 11.6 Å². The first-order chi connectivity index (χ1) is 6.70. The quantitative estimate of drug-likeness (QED) is 0.723. The van der Waals surface area contributed by atoms with Crippen molar-refractivity contribution in [2.75, 3.05) is 5.73 Å². The van der Waals surface area contributed by atoms with Crippen molar-refractivity contribution in [1.82, 2.24) is 9.97 Å². The largest absolute Gasteiger partial charge is 0.368 e. The number of halogens is 1. The molecule has 2 N–H and O–H groups in total. The molecule has 0 spiro atoms. The maximum atomic E-state index is 10.7. The smallest absolute Gasteiger partial charge is 0.221 e. The van der Waals surface area contributed by atoms with Crippen molar-refractivity contribution in [3.05, 3.63) is 28.9 Å². The van der Waals surface area contributed by atoms with Crippen LogP contribution in [0.2, 0.25) is 5.02 Å². The van der Waals surface area contributed by atoms with E-state index in [9.17, 15) is 4.79 Å². The molecule has 0 aliphatic carbocycles. The van der Waals surface area contributed by atoms with Crippen LogP contribution in [-0.2, 0) is 0 Å². The summed E-state index contributed by atoms with van der Waals surface area (Å²) in [5.74, 6) is 0.0851. The van der Waals surface area contributed by atoms with Crippen LogP contribution in [0, 0.1) is 0 Å². The Labute approximate surface area is 84.7 Å². The average Bonchev–Trinajstić information content (AvgIpc) is 2.17. The third-order valence-electron chi connectivity index (χ3n) is 1.82. The number of carbonyl (C=O) groups is 1. The van der Waals surface area contributed by atoms with Gasteiger partial charge in [0.2, 0.25) is 5.95 Å². The number of carbonyl (C=O) groups excluding carboxylic acids is 1. The van der Waals surface area contributed by atoms with E-state index in [0.29, 0.717) is 22.2 Å². The molecule has 2 rings (SSSR count). The predicted octanol–water partition coefficient (Wildman–Crippen LogP) is 1.68. The van der Waals surface area contributed by atoms with Crippen molar-refractivity contribution in [3.8, 4) is 0 Å². The fraction of sp³-hybridized carbons (Fsp3) is 0. The number of aldehydes is 1. The summed E-state index contributed by atoms with van der Waals surface area (Å²) in [6, 6.07) is 5.02. The minimum Gasteiger partial charge on any atom is -0.368 e. The van der Waals surface area contributed by atoms with Crippen LogP contribution in [0.3, 0.4) is 0 Å². The van der Waals surface area contributed by atoms with Crippen LogP contribution < -0.4 is 5.73 Å². The van der Waals surface area contributed by atoms with E-state index < -0.39 is 0 Å². The predicted molar refractivity (Wildman–Crippen MR) is 54.3 cm³/mol. The second-order valence-corrected chi connectivity index (χ2v) is 3.18. The van der Waals surface area contributed by atoms with Crippen LogP contribution >= 0.6 is 11.6 Å². The van der Waals surface area contributed by atoms with Crippen LogP contribution in [0.25, 0.3) is 10.9 Å². The molecule has 1 aromatic carbocycles. The molecule has 70 valence electrons. The molecule has 0 fully saturated rings. The number of nitrogens with two attached hydrogens (primary N) is 1. The van der Waals surface area contributed by atoms with Crippen molar-refractivity contribution in [2.24, 2.45) is 0 Å². The summed E-state index contributed by atoms with van der Waals surface area (Å²) >= 11 is 5.78. The Hall–Kier alpha value is -1.68. The zero-order valence-corrected chi connectivity index (χ0v) is 7.82. The summed E-state index contributed by atoms with van der Waals surface area (Å²) in [5, 5.41) is 1.15. The third kappa shape index (κ3) is 1.40. The first kappa shape index (κ1) is 8.90. The minimum absolute atomic E-state index is 0.0851. The molecular formula is C9H6ClN3O. The number of nitrogen functional groups attached to an aromatic ring is 1. The van der Waals surface area contributed by atoms with E-state index >= 15 is 0 Å². The summed E-state index contributed by atoms with van der Waals surface area (Å²) in [6.45, 7) is 0. The van der Waals surface area contributed by atoms with Gasteiger partial charge in [-0.25, -0.2) is 9.97 Å². The van der Waals surface area contributed by atoms with E-state index in [1.807, 2.05) is 0 Å². The van der Waals surface area contributed by atoms with E-state index in [1.54, 1.807) is 18.2 Å². The SMILES string of the molecule is Nc1nc(C=O)c2cc(Cl)ccc2n1. The van der Waals surface area contributed by atoms with Crippen LogP contribution in [-0.4, -0.2) is 16.3 Å². The molecule has 0 saturated heterocycles. The number of aromatic nitrogens is 2. The molecule has 2 aromatic rings. The molecule has 0 amide bonds. The van der Waals surface area contributed by atoms with Crippen LogP contribution in [0.4, 0.5) is 5.95 Å². The molecule has 5 heteroatoms. The number of hydrogen-bond acceptors (Lipinski definition) is 4. The second kappa shape index (κ2) is 3.23. The average molecular weight is 208 g/mol. The highest BCUT2D eigenvalue weighted by atomic mass is 35.5. The zero-order chi connectivity index (χ0) is 10.1. The van der Waals surface area contributed by atoms with Crippen LogP contribution in [0.1, 0.15) is 10.5 Å². The Morgan fingerprint density at radius 2 is 2.14 bits per heavy atom. The molecule has 14 heavy (non-hydrogen) atoms. The molecular weight excluding hydrogens is 202 g/mol. The van der Waals surface area contributed by atoms with Gasteiger partial charge in [0.25, 0.3) is 0 Å². The lowest BCUT2D eigenvalue weighted by molar-refractivity contribution is 0.112. The number of benzene rings is 1. The minimum atomic E-state index is 0.0851.